The van der Waals surface area contributed by atoms with Gasteiger partial charge >= 0.3 is 6.61 Å². The number of benzene rings is 2. The zero-order valence-corrected chi connectivity index (χ0v) is 17.7. The first-order valence-electron chi connectivity index (χ1n) is 9.64. The summed E-state index contributed by atoms with van der Waals surface area (Å²) in [6.07, 6.45) is 0. The number of nitrogens with one attached hydrogen (secondary N) is 1. The zero-order chi connectivity index (χ0) is 22.0. The number of hydrogen-bond acceptors (Lipinski definition) is 6. The lowest BCUT2D eigenvalue weighted by molar-refractivity contribution is -0.117. The van der Waals surface area contributed by atoms with Crippen molar-refractivity contribution in [3.8, 4) is 28.5 Å². The number of halogens is 2. The standard InChI is InChI=1S/C22H20F2N2O4S/c1-12(15-5-8-17-18(11-15)29-10-9-28-17)20(27)26-22-25-19(13(2)31-22)14-3-6-16(7-4-14)30-21(23)24/h3-8,11-12,21H,9-10H2,1-2H3,(H,25,26,27). The van der Waals surface area contributed by atoms with E-state index in [0.717, 1.165) is 16.0 Å². The van der Waals surface area contributed by atoms with Crippen molar-refractivity contribution < 1.29 is 27.8 Å². The second-order valence-corrected chi connectivity index (χ2v) is 8.14. The Kier molecular flexibility index (Phi) is 6.03. The first-order valence-corrected chi connectivity index (χ1v) is 10.5. The highest BCUT2D eigenvalue weighted by molar-refractivity contribution is 7.16. The highest BCUT2D eigenvalue weighted by Gasteiger charge is 2.21. The number of carbonyl (C=O) groups is 1. The summed E-state index contributed by atoms with van der Waals surface area (Å²) in [5.74, 6) is 0.767. The van der Waals surface area contributed by atoms with Gasteiger partial charge in [-0.15, -0.1) is 11.3 Å². The minimum Gasteiger partial charge on any atom is -0.486 e. The number of alkyl halides is 2. The fourth-order valence-corrected chi connectivity index (χ4v) is 4.05. The lowest BCUT2D eigenvalue weighted by Crippen LogP contribution is -2.20. The van der Waals surface area contributed by atoms with Crippen LogP contribution in [0.2, 0.25) is 0 Å². The van der Waals surface area contributed by atoms with E-state index in [9.17, 15) is 13.6 Å². The van der Waals surface area contributed by atoms with Gasteiger partial charge in [-0.3, -0.25) is 4.79 Å². The summed E-state index contributed by atoms with van der Waals surface area (Å²) in [6, 6.07) is 11.7. The number of thiazole rings is 1. The SMILES string of the molecule is Cc1sc(NC(=O)C(C)c2ccc3c(c2)OCCO3)nc1-c1ccc(OC(F)F)cc1. The molecule has 1 atom stereocenters. The first kappa shape index (κ1) is 21.0. The van der Waals surface area contributed by atoms with Gasteiger partial charge in [0.25, 0.3) is 0 Å². The normalized spacial score (nSPS) is 13.7. The highest BCUT2D eigenvalue weighted by Crippen LogP contribution is 2.35. The Labute approximate surface area is 181 Å². The smallest absolute Gasteiger partial charge is 0.387 e. The molecule has 31 heavy (non-hydrogen) atoms. The summed E-state index contributed by atoms with van der Waals surface area (Å²) in [4.78, 5) is 18.2. The summed E-state index contributed by atoms with van der Waals surface area (Å²) >= 11 is 1.35. The number of amides is 1. The summed E-state index contributed by atoms with van der Waals surface area (Å²) in [5, 5.41) is 3.33. The van der Waals surface area contributed by atoms with Crippen LogP contribution in [0.1, 0.15) is 23.3 Å². The molecule has 2 heterocycles. The fourth-order valence-electron chi connectivity index (χ4n) is 3.21. The van der Waals surface area contributed by atoms with Crippen molar-refractivity contribution in [1.29, 1.82) is 0 Å². The van der Waals surface area contributed by atoms with Crippen molar-refractivity contribution in [1.82, 2.24) is 4.98 Å². The number of carbonyl (C=O) groups excluding carboxylic acids is 1. The molecule has 0 bridgehead atoms. The van der Waals surface area contributed by atoms with Crippen molar-refractivity contribution in [3.05, 3.63) is 52.9 Å². The van der Waals surface area contributed by atoms with Gasteiger partial charge in [0.1, 0.15) is 19.0 Å². The maximum Gasteiger partial charge on any atom is 0.387 e. The third-order valence-corrected chi connectivity index (χ3v) is 5.73. The van der Waals surface area contributed by atoms with E-state index in [0.29, 0.717) is 35.5 Å². The minimum atomic E-state index is -2.87. The molecule has 0 saturated carbocycles. The van der Waals surface area contributed by atoms with Crippen LogP contribution in [0.5, 0.6) is 17.2 Å². The number of hydrogen-bond donors (Lipinski definition) is 1. The molecule has 1 aromatic heterocycles. The van der Waals surface area contributed by atoms with Gasteiger partial charge in [-0.25, -0.2) is 4.98 Å². The Hall–Kier alpha value is -3.20. The number of fused-ring (bicyclic) bond motifs is 1. The van der Waals surface area contributed by atoms with E-state index < -0.39 is 12.5 Å². The molecule has 0 spiro atoms. The topological polar surface area (TPSA) is 69.7 Å². The predicted molar refractivity (Wildman–Crippen MR) is 113 cm³/mol. The molecule has 2 aromatic carbocycles. The molecule has 0 radical (unpaired) electrons. The summed E-state index contributed by atoms with van der Waals surface area (Å²) in [6.45, 7) is 1.81. The molecular weight excluding hydrogens is 426 g/mol. The molecule has 0 saturated heterocycles. The third-order valence-electron chi connectivity index (χ3n) is 4.84. The Morgan fingerprint density at radius 3 is 2.55 bits per heavy atom. The van der Waals surface area contributed by atoms with Crippen molar-refractivity contribution in [2.45, 2.75) is 26.4 Å². The largest absolute Gasteiger partial charge is 0.486 e. The van der Waals surface area contributed by atoms with E-state index in [2.05, 4.69) is 15.0 Å². The van der Waals surface area contributed by atoms with Crippen LogP contribution in [0.3, 0.4) is 0 Å². The van der Waals surface area contributed by atoms with E-state index in [1.54, 1.807) is 18.2 Å². The van der Waals surface area contributed by atoms with Crippen molar-refractivity contribution in [3.63, 3.8) is 0 Å². The molecule has 3 aromatic rings. The number of ether oxygens (including phenoxy) is 3. The monoisotopic (exact) mass is 446 g/mol. The molecule has 0 aliphatic carbocycles. The highest BCUT2D eigenvalue weighted by atomic mass is 32.1. The van der Waals surface area contributed by atoms with Gasteiger partial charge in [-0.1, -0.05) is 6.07 Å². The summed E-state index contributed by atoms with van der Waals surface area (Å²) in [7, 11) is 0. The summed E-state index contributed by atoms with van der Waals surface area (Å²) < 4.78 is 40.1. The number of nitrogens with zero attached hydrogens (tertiary/aromatic N) is 1. The number of anilines is 1. The molecular formula is C22H20F2N2O4S. The molecule has 162 valence electrons. The van der Waals surface area contributed by atoms with Crippen LogP contribution in [0.4, 0.5) is 13.9 Å². The van der Waals surface area contributed by atoms with Crippen LogP contribution in [-0.2, 0) is 4.79 Å². The zero-order valence-electron chi connectivity index (χ0n) is 16.9. The molecule has 1 N–H and O–H groups in total. The fraction of sp³-hybridized carbons (Fsp3) is 0.273. The number of aryl methyl sites for hydroxylation is 1. The quantitative estimate of drug-likeness (QED) is 0.561. The van der Waals surface area contributed by atoms with Gasteiger partial charge in [-0.05, 0) is 55.8 Å². The molecule has 1 amide bonds. The molecule has 1 unspecified atom stereocenters. The molecule has 1 aliphatic heterocycles. The van der Waals surface area contributed by atoms with Crippen LogP contribution >= 0.6 is 11.3 Å². The molecule has 4 rings (SSSR count). The van der Waals surface area contributed by atoms with Crippen molar-refractivity contribution in [2.24, 2.45) is 0 Å². The van der Waals surface area contributed by atoms with Gasteiger partial charge in [0.2, 0.25) is 5.91 Å². The first-order chi connectivity index (χ1) is 14.9. The Balaban J connectivity index is 1.46. The Morgan fingerprint density at radius 1 is 1.13 bits per heavy atom. The number of rotatable bonds is 6. The van der Waals surface area contributed by atoms with Crippen LogP contribution in [0.25, 0.3) is 11.3 Å². The second-order valence-electron chi connectivity index (χ2n) is 6.94. The minimum absolute atomic E-state index is 0.0772. The van der Waals surface area contributed by atoms with E-state index in [4.69, 9.17) is 9.47 Å². The Bertz CT molecular complexity index is 1090. The molecule has 0 fully saturated rings. The maximum absolute atomic E-state index is 12.8. The van der Waals surface area contributed by atoms with Gasteiger partial charge in [0.15, 0.2) is 16.6 Å². The molecule has 9 heteroatoms. The van der Waals surface area contributed by atoms with Crippen LogP contribution in [0.15, 0.2) is 42.5 Å². The average molecular weight is 446 g/mol. The van der Waals surface area contributed by atoms with E-state index in [-0.39, 0.29) is 11.7 Å². The molecule has 1 aliphatic rings. The van der Waals surface area contributed by atoms with Crippen molar-refractivity contribution >= 4 is 22.4 Å². The Morgan fingerprint density at radius 2 is 1.84 bits per heavy atom. The summed E-state index contributed by atoms with van der Waals surface area (Å²) in [5.41, 5.74) is 2.23. The lowest BCUT2D eigenvalue weighted by Gasteiger charge is -2.20. The van der Waals surface area contributed by atoms with Gasteiger partial charge in [0.05, 0.1) is 11.6 Å². The van der Waals surface area contributed by atoms with Crippen LogP contribution in [-0.4, -0.2) is 30.7 Å². The lowest BCUT2D eigenvalue weighted by atomic mass is 10.00. The second kappa shape index (κ2) is 8.89. The van der Waals surface area contributed by atoms with Crippen molar-refractivity contribution in [2.75, 3.05) is 18.5 Å². The average Bonchev–Trinajstić information content (AvgIpc) is 3.12. The van der Waals surface area contributed by atoms with E-state index >= 15 is 0 Å². The predicted octanol–water partition coefficient (Wildman–Crippen LogP) is 5.23. The molecule has 6 nitrogen and oxygen atoms in total. The van der Waals surface area contributed by atoms with Crippen LogP contribution < -0.4 is 19.5 Å². The third kappa shape index (κ3) is 4.77. The maximum atomic E-state index is 12.8. The van der Waals surface area contributed by atoms with E-state index in [1.807, 2.05) is 26.0 Å². The van der Waals surface area contributed by atoms with Gasteiger partial charge < -0.3 is 19.5 Å². The van der Waals surface area contributed by atoms with Crippen LogP contribution in [0, 0.1) is 6.92 Å². The van der Waals surface area contributed by atoms with Gasteiger partial charge in [-0.2, -0.15) is 8.78 Å². The van der Waals surface area contributed by atoms with E-state index in [1.165, 1.54) is 23.5 Å². The number of aromatic nitrogens is 1. The van der Waals surface area contributed by atoms with Gasteiger partial charge in [0, 0.05) is 10.4 Å².